The second-order valence-corrected chi connectivity index (χ2v) is 8.62. The smallest absolute Gasteiger partial charge is 0.275 e. The van der Waals surface area contributed by atoms with Gasteiger partial charge < -0.3 is 29.2 Å². The molecule has 1 N–H and O–H groups in total. The van der Waals surface area contributed by atoms with Crippen LogP contribution in [0.15, 0.2) is 47.4 Å². The van der Waals surface area contributed by atoms with Crippen LogP contribution in [0, 0.1) is 11.1 Å². The van der Waals surface area contributed by atoms with Crippen molar-refractivity contribution in [1.82, 2.24) is 14.0 Å². The first kappa shape index (κ1) is 20.7. The predicted octanol–water partition coefficient (Wildman–Crippen LogP) is 2.40. The van der Waals surface area contributed by atoms with E-state index in [1.807, 2.05) is 35.4 Å². The maximum absolute atomic E-state index is 13.3. The third-order valence-corrected chi connectivity index (χ3v) is 6.63. The number of likely N-dealkylation sites (tertiary alicyclic amines) is 1. The number of rotatable bonds is 5. The van der Waals surface area contributed by atoms with Crippen LogP contribution in [0.4, 0.5) is 5.69 Å². The number of amides is 1. The van der Waals surface area contributed by atoms with Crippen molar-refractivity contribution in [3.63, 3.8) is 0 Å². The number of ether oxygens (including phenoxy) is 1. The summed E-state index contributed by atoms with van der Waals surface area (Å²) in [6, 6.07) is 10.8. The number of hydrogen-bond donors (Lipinski definition) is 1. The minimum absolute atomic E-state index is 0.0141. The van der Waals surface area contributed by atoms with Gasteiger partial charge >= 0.3 is 0 Å². The lowest BCUT2D eigenvalue weighted by Crippen LogP contribution is -2.49. The highest BCUT2D eigenvalue weighted by Gasteiger charge is 2.37. The number of carbonyl (C=O) groups is 1. The molecule has 9 heteroatoms. The molecule has 2 bridgehead atoms. The molecule has 1 amide bonds. The highest BCUT2D eigenvalue weighted by molar-refractivity contribution is 5.98. The summed E-state index contributed by atoms with van der Waals surface area (Å²) in [5.41, 5.74) is 1.75. The van der Waals surface area contributed by atoms with Gasteiger partial charge in [-0.1, -0.05) is 0 Å². The monoisotopic (exact) mass is 437 g/mol. The van der Waals surface area contributed by atoms with Crippen molar-refractivity contribution >= 4 is 22.5 Å². The first-order valence-corrected chi connectivity index (χ1v) is 10.7. The van der Waals surface area contributed by atoms with Gasteiger partial charge in [0.05, 0.1) is 6.61 Å². The summed E-state index contributed by atoms with van der Waals surface area (Å²) in [5, 5.41) is 21.0. The lowest BCUT2D eigenvalue weighted by molar-refractivity contribution is 0.0594. The highest BCUT2D eigenvalue weighted by Crippen LogP contribution is 2.36. The van der Waals surface area contributed by atoms with Crippen LogP contribution in [0.2, 0.25) is 0 Å². The number of anilines is 1. The summed E-state index contributed by atoms with van der Waals surface area (Å²) in [7, 11) is 1.68. The van der Waals surface area contributed by atoms with Gasteiger partial charge in [0.2, 0.25) is 0 Å². The molecule has 2 aliphatic heterocycles. The maximum Gasteiger partial charge on any atom is 0.275 e. The van der Waals surface area contributed by atoms with Crippen molar-refractivity contribution < 1.29 is 14.7 Å². The summed E-state index contributed by atoms with van der Waals surface area (Å²) in [5.74, 6) is 0.126. The summed E-state index contributed by atoms with van der Waals surface area (Å²) < 4.78 is 8.84. The molecular weight excluding hydrogens is 412 g/mol. The highest BCUT2D eigenvalue weighted by atomic mass is 16.8. The lowest BCUT2D eigenvalue weighted by atomic mass is 9.83. The summed E-state index contributed by atoms with van der Waals surface area (Å²) in [6.07, 6.45) is 2.89. The van der Waals surface area contributed by atoms with E-state index in [0.29, 0.717) is 31.8 Å². The van der Waals surface area contributed by atoms with Crippen molar-refractivity contribution in [3.8, 4) is 0 Å². The fourth-order valence-corrected chi connectivity index (χ4v) is 5.15. The standard InChI is InChI=1S/C23H25N4O5/c1-32-9-8-24-7-6-16-11-17(2-3-19(16)24)22(28)25-12-15-10-18(14-25)20-4-5-21(27(30)31)23(29)26(20)13-15/h2-7,11,15,18,30H,8-10,12-14H2,1H3/q-1. The third kappa shape index (κ3) is 3.48. The molecule has 4 heterocycles. The maximum atomic E-state index is 13.3. The van der Waals surface area contributed by atoms with Crippen molar-refractivity contribution in [1.29, 1.82) is 0 Å². The number of pyridine rings is 1. The van der Waals surface area contributed by atoms with Gasteiger partial charge in [-0.2, -0.15) is 0 Å². The Morgan fingerprint density at radius 1 is 1.22 bits per heavy atom. The Hall–Kier alpha value is -3.14. The fraction of sp³-hybridized carbons (Fsp3) is 0.391. The van der Waals surface area contributed by atoms with E-state index in [1.165, 1.54) is 6.07 Å². The van der Waals surface area contributed by atoms with Gasteiger partial charge in [0, 0.05) is 67.6 Å². The van der Waals surface area contributed by atoms with Crippen LogP contribution in [0.25, 0.3) is 10.9 Å². The number of piperidine rings is 1. The molecule has 0 radical (unpaired) electrons. The largest absolute Gasteiger partial charge is 0.733 e. The van der Waals surface area contributed by atoms with Crippen molar-refractivity contribution in [2.75, 3.05) is 32.0 Å². The minimum Gasteiger partial charge on any atom is -0.733 e. The molecule has 2 unspecified atom stereocenters. The SMILES string of the molecule is COCCn1ccc2cc(C(=O)N3CC4CC(C3)c3ccc(N([O-])O)c(=O)n3C4)ccc21. The Morgan fingerprint density at radius 2 is 2.06 bits per heavy atom. The van der Waals surface area contributed by atoms with Crippen LogP contribution in [-0.2, 0) is 17.8 Å². The van der Waals surface area contributed by atoms with Crippen LogP contribution in [-0.4, -0.2) is 52.0 Å². The van der Waals surface area contributed by atoms with Crippen molar-refractivity contribution in [2.24, 2.45) is 5.92 Å². The predicted molar refractivity (Wildman–Crippen MR) is 119 cm³/mol. The van der Waals surface area contributed by atoms with Crippen LogP contribution in [0.3, 0.4) is 0 Å². The normalized spacial score (nSPS) is 19.8. The average Bonchev–Trinajstić information content (AvgIpc) is 3.19. The molecule has 0 spiro atoms. The van der Waals surface area contributed by atoms with Crippen LogP contribution in [0.1, 0.15) is 28.4 Å². The zero-order chi connectivity index (χ0) is 22.4. The molecule has 168 valence electrons. The van der Waals surface area contributed by atoms with Crippen molar-refractivity contribution in [2.45, 2.75) is 25.4 Å². The van der Waals surface area contributed by atoms with Gasteiger partial charge in [0.15, 0.2) is 0 Å². The van der Waals surface area contributed by atoms with E-state index in [0.717, 1.165) is 29.6 Å². The number of aromatic nitrogens is 2. The Balaban J connectivity index is 1.39. The second kappa shape index (κ2) is 8.09. The number of methoxy groups -OCH3 is 1. The lowest BCUT2D eigenvalue weighted by Gasteiger charge is -2.43. The zero-order valence-corrected chi connectivity index (χ0v) is 17.8. The number of benzene rings is 1. The quantitative estimate of drug-likeness (QED) is 0.615. The molecule has 5 rings (SSSR count). The molecule has 1 aromatic carbocycles. The van der Waals surface area contributed by atoms with Gasteiger partial charge in [-0.15, -0.1) is 0 Å². The van der Waals surface area contributed by atoms with E-state index >= 15 is 0 Å². The molecule has 0 aliphatic carbocycles. The van der Waals surface area contributed by atoms with E-state index in [1.54, 1.807) is 17.7 Å². The first-order valence-electron chi connectivity index (χ1n) is 10.7. The zero-order valence-electron chi connectivity index (χ0n) is 17.8. The topological polar surface area (TPSA) is 103 Å². The van der Waals surface area contributed by atoms with Gasteiger partial charge in [-0.25, -0.2) is 0 Å². The van der Waals surface area contributed by atoms with E-state index in [9.17, 15) is 20.0 Å². The Bertz CT molecular complexity index is 1230. The van der Waals surface area contributed by atoms with Gasteiger partial charge in [-0.3, -0.25) is 14.8 Å². The van der Waals surface area contributed by atoms with Crippen LogP contribution in [0.5, 0.6) is 0 Å². The molecule has 3 aromatic rings. The average molecular weight is 437 g/mol. The number of hydrogen-bond acceptors (Lipinski definition) is 6. The molecule has 1 fully saturated rings. The van der Waals surface area contributed by atoms with Gasteiger partial charge in [-0.05, 0) is 48.7 Å². The second-order valence-electron chi connectivity index (χ2n) is 8.62. The molecule has 0 saturated carbocycles. The molecule has 1 saturated heterocycles. The van der Waals surface area contributed by atoms with E-state index in [-0.39, 0.29) is 28.7 Å². The van der Waals surface area contributed by atoms with Crippen LogP contribution >= 0.6 is 0 Å². The molecule has 9 nitrogen and oxygen atoms in total. The molecule has 32 heavy (non-hydrogen) atoms. The number of nitrogens with zero attached hydrogens (tertiary/aromatic N) is 4. The first-order chi connectivity index (χ1) is 15.5. The van der Waals surface area contributed by atoms with Crippen LogP contribution < -0.4 is 10.8 Å². The fourth-order valence-electron chi connectivity index (χ4n) is 5.15. The molecule has 2 aliphatic rings. The van der Waals surface area contributed by atoms with E-state index in [2.05, 4.69) is 4.57 Å². The Labute approximate surface area is 184 Å². The molecule has 2 atom stereocenters. The summed E-state index contributed by atoms with van der Waals surface area (Å²) >= 11 is 0. The van der Waals surface area contributed by atoms with Crippen molar-refractivity contribution in [3.05, 3.63) is 69.4 Å². The van der Waals surface area contributed by atoms with E-state index < -0.39 is 5.56 Å². The minimum atomic E-state index is -0.488. The number of fused-ring (bicyclic) bond motifs is 5. The molecular formula is C23H25N4O5-. The van der Waals surface area contributed by atoms with Gasteiger partial charge in [0.25, 0.3) is 11.5 Å². The summed E-state index contributed by atoms with van der Waals surface area (Å²) in [6.45, 7) is 2.87. The van der Waals surface area contributed by atoms with E-state index in [4.69, 9.17) is 4.74 Å². The Kier molecular flexibility index (Phi) is 5.24. The Morgan fingerprint density at radius 3 is 2.84 bits per heavy atom. The van der Waals surface area contributed by atoms with Gasteiger partial charge in [0.1, 0.15) is 5.69 Å². The third-order valence-electron chi connectivity index (χ3n) is 6.63. The summed E-state index contributed by atoms with van der Waals surface area (Å²) in [4.78, 5) is 27.8. The molecule has 2 aromatic heterocycles. The number of carbonyl (C=O) groups excluding carboxylic acids is 1.